The van der Waals surface area contributed by atoms with Gasteiger partial charge in [0.1, 0.15) is 0 Å². The molecule has 1 aromatic carbocycles. The van der Waals surface area contributed by atoms with E-state index in [4.69, 9.17) is 11.6 Å². The lowest BCUT2D eigenvalue weighted by Crippen LogP contribution is -2.42. The molecule has 0 atom stereocenters. The van der Waals surface area contributed by atoms with E-state index in [9.17, 15) is 4.79 Å². The van der Waals surface area contributed by atoms with Crippen LogP contribution in [0.2, 0.25) is 5.02 Å². The van der Waals surface area contributed by atoms with Gasteiger partial charge in [-0.05, 0) is 43.7 Å². The van der Waals surface area contributed by atoms with E-state index in [1.165, 1.54) is 0 Å². The van der Waals surface area contributed by atoms with E-state index >= 15 is 0 Å². The number of hydrogen-bond acceptors (Lipinski definition) is 2. The lowest BCUT2D eigenvalue weighted by atomic mass is 9.99. The lowest BCUT2D eigenvalue weighted by Gasteiger charge is -2.25. The molecule has 2 aromatic rings. The van der Waals surface area contributed by atoms with Gasteiger partial charge in [-0.15, -0.1) is 0 Å². The number of hydrogen-bond donors (Lipinski definition) is 1. The highest BCUT2D eigenvalue weighted by Gasteiger charge is 2.23. The molecule has 1 heterocycles. The highest BCUT2D eigenvalue weighted by Crippen LogP contribution is 2.17. The second-order valence-electron chi connectivity index (χ2n) is 5.19. The number of benzene rings is 1. The molecule has 0 aliphatic rings. The topological polar surface area (TPSA) is 42.0 Å². The van der Waals surface area contributed by atoms with Crippen molar-refractivity contribution < 1.29 is 4.79 Å². The molecule has 0 unspecified atom stereocenters. The Kier molecular flexibility index (Phi) is 4.40. The number of nitrogens with zero attached hydrogens (tertiary/aromatic N) is 1. The Hall–Kier alpha value is -1.87. The van der Waals surface area contributed by atoms with Crippen molar-refractivity contribution in [3.05, 3.63) is 64.9 Å². The van der Waals surface area contributed by atoms with Gasteiger partial charge in [-0.2, -0.15) is 0 Å². The number of pyridine rings is 1. The molecule has 0 fully saturated rings. The first kappa shape index (κ1) is 14.5. The average molecular weight is 289 g/mol. The van der Waals surface area contributed by atoms with E-state index in [0.717, 1.165) is 11.3 Å². The number of rotatable bonds is 4. The maximum Gasteiger partial charge on any atom is 0.225 e. The summed E-state index contributed by atoms with van der Waals surface area (Å²) < 4.78 is 0. The minimum atomic E-state index is -0.495. The van der Waals surface area contributed by atoms with E-state index in [1.807, 2.05) is 44.2 Å². The van der Waals surface area contributed by atoms with Gasteiger partial charge >= 0.3 is 0 Å². The average Bonchev–Trinajstić information content (AvgIpc) is 2.42. The molecule has 20 heavy (non-hydrogen) atoms. The summed E-state index contributed by atoms with van der Waals surface area (Å²) in [5.41, 5.74) is 1.28. The van der Waals surface area contributed by atoms with E-state index in [-0.39, 0.29) is 5.91 Å². The van der Waals surface area contributed by atoms with Crippen molar-refractivity contribution in [3.63, 3.8) is 0 Å². The summed E-state index contributed by atoms with van der Waals surface area (Å²) >= 11 is 5.83. The van der Waals surface area contributed by atoms with Crippen LogP contribution in [0.5, 0.6) is 0 Å². The first-order valence-corrected chi connectivity index (χ1v) is 6.82. The number of halogens is 1. The Labute approximate surface area is 124 Å². The van der Waals surface area contributed by atoms with Gasteiger partial charge in [0.15, 0.2) is 0 Å². The second-order valence-corrected chi connectivity index (χ2v) is 5.63. The molecule has 0 radical (unpaired) electrons. The van der Waals surface area contributed by atoms with Gasteiger partial charge in [0.25, 0.3) is 0 Å². The first-order valence-electron chi connectivity index (χ1n) is 6.44. The fourth-order valence-corrected chi connectivity index (χ4v) is 2.10. The van der Waals surface area contributed by atoms with Crippen LogP contribution in [0.1, 0.15) is 25.1 Å². The number of carbonyl (C=O) groups is 1. The van der Waals surface area contributed by atoms with Crippen molar-refractivity contribution in [1.29, 1.82) is 0 Å². The van der Waals surface area contributed by atoms with Gasteiger partial charge in [-0.3, -0.25) is 9.78 Å². The molecular formula is C16H17ClN2O. The van der Waals surface area contributed by atoms with Crippen LogP contribution in [0.4, 0.5) is 0 Å². The van der Waals surface area contributed by atoms with E-state index < -0.39 is 5.54 Å². The summed E-state index contributed by atoms with van der Waals surface area (Å²) in [7, 11) is 0. The molecular weight excluding hydrogens is 272 g/mol. The Morgan fingerprint density at radius 2 is 1.90 bits per heavy atom. The molecule has 104 valence electrons. The quantitative estimate of drug-likeness (QED) is 0.938. The Morgan fingerprint density at radius 1 is 1.20 bits per heavy atom. The van der Waals surface area contributed by atoms with Crippen LogP contribution >= 0.6 is 11.6 Å². The van der Waals surface area contributed by atoms with Gasteiger partial charge in [0.2, 0.25) is 5.91 Å². The first-order chi connectivity index (χ1) is 9.47. The smallest absolute Gasteiger partial charge is 0.225 e. The van der Waals surface area contributed by atoms with Crippen LogP contribution in [0.15, 0.2) is 48.7 Å². The van der Waals surface area contributed by atoms with Crippen LogP contribution in [0.25, 0.3) is 0 Å². The highest BCUT2D eigenvalue weighted by atomic mass is 35.5. The minimum absolute atomic E-state index is 0.0389. The fourth-order valence-electron chi connectivity index (χ4n) is 1.98. The predicted octanol–water partition coefficient (Wildman–Crippen LogP) is 3.33. The zero-order chi connectivity index (χ0) is 14.6. The van der Waals surface area contributed by atoms with Crippen LogP contribution in [-0.4, -0.2) is 10.9 Å². The zero-order valence-corrected chi connectivity index (χ0v) is 12.3. The largest absolute Gasteiger partial charge is 0.345 e. The monoisotopic (exact) mass is 288 g/mol. The van der Waals surface area contributed by atoms with E-state index in [1.54, 1.807) is 18.3 Å². The van der Waals surface area contributed by atoms with Gasteiger partial charge in [-0.1, -0.05) is 29.8 Å². The molecule has 0 saturated carbocycles. The maximum atomic E-state index is 12.1. The van der Waals surface area contributed by atoms with Crippen LogP contribution in [0, 0.1) is 0 Å². The standard InChI is InChI=1S/C16H17ClN2O/c1-16(2,14-5-3-4-10-18-14)19-15(20)11-12-6-8-13(17)9-7-12/h3-10H,11H2,1-2H3,(H,19,20). The molecule has 0 aliphatic carbocycles. The fraction of sp³-hybridized carbons (Fsp3) is 0.250. The van der Waals surface area contributed by atoms with Crippen molar-refractivity contribution in [2.75, 3.05) is 0 Å². The van der Waals surface area contributed by atoms with E-state index in [0.29, 0.717) is 11.4 Å². The number of nitrogens with one attached hydrogen (secondary N) is 1. The molecule has 3 nitrogen and oxygen atoms in total. The van der Waals surface area contributed by atoms with Crippen molar-refractivity contribution in [1.82, 2.24) is 10.3 Å². The summed E-state index contributed by atoms with van der Waals surface area (Å²) in [5.74, 6) is -0.0389. The predicted molar refractivity (Wildman–Crippen MR) is 80.6 cm³/mol. The molecule has 0 saturated heterocycles. The highest BCUT2D eigenvalue weighted by molar-refractivity contribution is 6.30. The van der Waals surface area contributed by atoms with E-state index in [2.05, 4.69) is 10.3 Å². The molecule has 4 heteroatoms. The molecule has 1 N–H and O–H groups in total. The Balaban J connectivity index is 2.02. The maximum absolute atomic E-state index is 12.1. The van der Waals surface area contributed by atoms with Crippen LogP contribution in [0.3, 0.4) is 0 Å². The molecule has 0 spiro atoms. The summed E-state index contributed by atoms with van der Waals surface area (Å²) in [6.45, 7) is 3.88. The lowest BCUT2D eigenvalue weighted by molar-refractivity contribution is -0.122. The van der Waals surface area contributed by atoms with Crippen LogP contribution < -0.4 is 5.32 Å². The third-order valence-corrected chi connectivity index (χ3v) is 3.29. The van der Waals surface area contributed by atoms with Crippen molar-refractivity contribution in [2.24, 2.45) is 0 Å². The minimum Gasteiger partial charge on any atom is -0.345 e. The SMILES string of the molecule is CC(C)(NC(=O)Cc1ccc(Cl)cc1)c1ccccn1. The Bertz CT molecular complexity index is 579. The number of carbonyl (C=O) groups excluding carboxylic acids is 1. The van der Waals surface area contributed by atoms with Gasteiger partial charge in [0.05, 0.1) is 17.7 Å². The summed E-state index contributed by atoms with van der Waals surface area (Å²) in [6.07, 6.45) is 2.05. The molecule has 2 rings (SSSR count). The molecule has 1 amide bonds. The number of aromatic nitrogens is 1. The van der Waals surface area contributed by atoms with Crippen molar-refractivity contribution in [3.8, 4) is 0 Å². The van der Waals surface area contributed by atoms with Crippen molar-refractivity contribution in [2.45, 2.75) is 25.8 Å². The third-order valence-electron chi connectivity index (χ3n) is 3.04. The summed E-state index contributed by atoms with van der Waals surface area (Å²) in [4.78, 5) is 16.4. The third kappa shape index (κ3) is 3.81. The second kappa shape index (κ2) is 6.06. The number of amides is 1. The molecule has 0 bridgehead atoms. The van der Waals surface area contributed by atoms with Gasteiger partial charge in [0, 0.05) is 11.2 Å². The molecule has 1 aromatic heterocycles. The zero-order valence-electron chi connectivity index (χ0n) is 11.6. The summed E-state index contributed by atoms with van der Waals surface area (Å²) in [6, 6.07) is 13.0. The van der Waals surface area contributed by atoms with Crippen molar-refractivity contribution >= 4 is 17.5 Å². The summed E-state index contributed by atoms with van der Waals surface area (Å²) in [5, 5.41) is 3.67. The van der Waals surface area contributed by atoms with Gasteiger partial charge in [-0.25, -0.2) is 0 Å². The van der Waals surface area contributed by atoms with Gasteiger partial charge < -0.3 is 5.32 Å². The molecule has 0 aliphatic heterocycles. The Morgan fingerprint density at radius 3 is 2.50 bits per heavy atom. The normalized spacial score (nSPS) is 11.2. The van der Waals surface area contributed by atoms with Crippen LogP contribution in [-0.2, 0) is 16.8 Å².